The van der Waals surface area contributed by atoms with E-state index in [1.54, 1.807) is 19.1 Å². The third-order valence-corrected chi connectivity index (χ3v) is 12.9. The number of carbonyl (C=O) groups is 3. The summed E-state index contributed by atoms with van der Waals surface area (Å²) in [6.07, 6.45) is 4.59. The molecular weight excluding hydrogens is 665 g/mol. The zero-order valence-corrected chi connectivity index (χ0v) is 27.5. The summed E-state index contributed by atoms with van der Waals surface area (Å²) >= 11 is 0. The Hall–Kier alpha value is -3.90. The Morgan fingerprint density at radius 1 is 0.826 bits per heavy atom. The number of nitrogens with zero attached hydrogens (tertiary/aromatic N) is 2. The smallest absolute Gasteiger partial charge is 0.326 e. The van der Waals surface area contributed by atoms with Crippen LogP contribution in [-0.2, 0) is 57.5 Å². The Bertz CT molecular complexity index is 1850. The molecule has 2 aromatic carbocycles. The molecule has 0 aliphatic carbocycles. The molecule has 252 valence electrons. The number of hydrogen-bond donors (Lipinski definition) is 4. The van der Waals surface area contributed by atoms with Crippen molar-refractivity contribution in [2.45, 2.75) is 63.5 Å². The Balaban J connectivity index is 0.000000212. The molecule has 0 saturated carbocycles. The maximum Gasteiger partial charge on any atom is 0.326 e. The minimum absolute atomic E-state index is 0.0407. The van der Waals surface area contributed by atoms with Crippen molar-refractivity contribution < 1.29 is 49.9 Å². The maximum absolute atomic E-state index is 11.8. The van der Waals surface area contributed by atoms with Crippen molar-refractivity contribution in [3.8, 4) is 11.5 Å². The summed E-state index contributed by atoms with van der Waals surface area (Å²) in [5.41, 5.74) is 1.60. The van der Waals surface area contributed by atoms with Crippen molar-refractivity contribution in [3.05, 3.63) is 47.5 Å². The van der Waals surface area contributed by atoms with Crippen LogP contribution in [0.25, 0.3) is 0 Å². The molecule has 3 heterocycles. The Morgan fingerprint density at radius 3 is 1.72 bits per heavy atom. The van der Waals surface area contributed by atoms with Crippen LogP contribution in [0.5, 0.6) is 11.5 Å². The zero-order valence-electron chi connectivity index (χ0n) is 25.0. The highest BCUT2D eigenvalue weighted by Gasteiger charge is 2.36. The first-order chi connectivity index (χ1) is 21.5. The number of sulfone groups is 1. The highest BCUT2D eigenvalue weighted by Crippen LogP contribution is 2.33. The molecule has 1 atom stereocenters. The van der Waals surface area contributed by atoms with Crippen LogP contribution in [-0.4, -0.2) is 77.2 Å². The number of aromatic hydroxyl groups is 2. The molecule has 1 unspecified atom stereocenters. The normalized spacial score (nSPS) is 20.9. The highest BCUT2D eigenvalue weighted by molar-refractivity contribution is 7.92. The predicted molar refractivity (Wildman–Crippen MR) is 168 cm³/mol. The summed E-state index contributed by atoms with van der Waals surface area (Å²) in [7, 11) is -10.8. The van der Waals surface area contributed by atoms with Crippen molar-refractivity contribution in [1.29, 1.82) is 0 Å². The monoisotopic (exact) mass is 700 g/mol. The number of benzene rings is 2. The lowest BCUT2D eigenvalue weighted by molar-refractivity contribution is -0.119. The van der Waals surface area contributed by atoms with E-state index < -0.39 is 42.1 Å². The van der Waals surface area contributed by atoms with E-state index in [9.17, 15) is 49.9 Å². The number of ketones is 1. The van der Waals surface area contributed by atoms with E-state index in [1.165, 1.54) is 24.3 Å². The average molecular weight is 701 g/mol. The van der Waals surface area contributed by atoms with Crippen LogP contribution in [0, 0.1) is 0 Å². The van der Waals surface area contributed by atoms with Gasteiger partial charge in [-0.15, -0.1) is 0 Å². The number of hydrogen-bond acceptors (Lipinski definition) is 11. The van der Waals surface area contributed by atoms with Gasteiger partial charge in [0.25, 0.3) is 11.8 Å². The van der Waals surface area contributed by atoms with Crippen molar-refractivity contribution >= 4 is 59.2 Å². The summed E-state index contributed by atoms with van der Waals surface area (Å²) in [6, 6.07) is 9.06. The van der Waals surface area contributed by atoms with Crippen molar-refractivity contribution in [2.24, 2.45) is 0 Å². The predicted octanol–water partition coefficient (Wildman–Crippen LogP) is 0.958. The lowest BCUT2D eigenvalue weighted by atomic mass is 10.0. The second-order valence-corrected chi connectivity index (χ2v) is 16.7. The second-order valence-electron chi connectivity index (χ2n) is 11.1. The average Bonchev–Trinajstić information content (AvgIpc) is 3.55. The van der Waals surface area contributed by atoms with Gasteiger partial charge < -0.3 is 10.2 Å². The van der Waals surface area contributed by atoms with Crippen LogP contribution in [0.4, 0.5) is 11.4 Å². The summed E-state index contributed by atoms with van der Waals surface area (Å²) < 4.78 is 76.0. The standard InChI is InChI=1S/C15H20N2O6S2.C13H16N2O5S/c18-14-9-11(3-1-4-12-5-2-8-24(12,20)21)6-7-13(14)17-10-15(19)16-25(17,22)23;1-2-10(16)5-3-9-4-6-11(12(17)7-9)15-8-13(18)14-21(15,19)20/h6-7,9,12,18H,1-5,8,10H2,(H,16,19);4,6-7,17H,2-3,5,8H2,1H3,(H,14,18). The number of aryl methyl sites for hydroxylation is 2. The minimum atomic E-state index is -3.96. The molecule has 4 N–H and O–H groups in total. The van der Waals surface area contributed by atoms with Crippen molar-refractivity contribution in [2.75, 3.05) is 27.5 Å². The molecule has 2 amide bonds. The van der Waals surface area contributed by atoms with Gasteiger partial charge in [-0.1, -0.05) is 19.1 Å². The summed E-state index contributed by atoms with van der Waals surface area (Å²) in [4.78, 5) is 33.7. The van der Waals surface area contributed by atoms with Gasteiger partial charge >= 0.3 is 20.4 Å². The molecule has 46 heavy (non-hydrogen) atoms. The topological polar surface area (TPSA) is 225 Å². The van der Waals surface area contributed by atoms with Gasteiger partial charge in [0.2, 0.25) is 0 Å². The summed E-state index contributed by atoms with van der Waals surface area (Å²) in [5, 5.41) is 19.8. The van der Waals surface area contributed by atoms with Gasteiger partial charge in [0.15, 0.2) is 9.84 Å². The number of amides is 2. The van der Waals surface area contributed by atoms with Gasteiger partial charge in [0.1, 0.15) is 30.4 Å². The van der Waals surface area contributed by atoms with E-state index in [-0.39, 0.29) is 52.7 Å². The molecule has 3 aliphatic heterocycles. The molecule has 0 spiro atoms. The van der Waals surface area contributed by atoms with E-state index in [1.807, 2.05) is 9.44 Å². The Labute approximate surface area is 267 Å². The second kappa shape index (κ2) is 13.8. The SMILES string of the molecule is CCC(=O)CCc1ccc(N2CC(=O)NS2(=O)=O)c(O)c1.O=C1CN(c2ccc(CCCC3CCCS3(=O)=O)cc2O)S(=O)(=O)N1. The number of nitrogens with one attached hydrogen (secondary N) is 2. The van der Waals surface area contributed by atoms with Gasteiger partial charge in [0.05, 0.1) is 22.4 Å². The summed E-state index contributed by atoms with van der Waals surface area (Å²) in [5.74, 6) is -1.38. The van der Waals surface area contributed by atoms with Crippen LogP contribution in [0.1, 0.15) is 56.6 Å². The fourth-order valence-corrected chi connectivity index (χ4v) is 9.65. The van der Waals surface area contributed by atoms with Crippen LogP contribution in [0.3, 0.4) is 0 Å². The third kappa shape index (κ3) is 8.27. The number of Topliss-reactive ketones (excluding diaryl/α,β-unsaturated/α-hetero) is 1. The fraction of sp³-hybridized carbons (Fsp3) is 0.464. The number of rotatable bonds is 10. The van der Waals surface area contributed by atoms with E-state index >= 15 is 0 Å². The van der Waals surface area contributed by atoms with Gasteiger partial charge in [-0.3, -0.25) is 14.4 Å². The van der Waals surface area contributed by atoms with Gasteiger partial charge in [-0.05, 0) is 73.9 Å². The van der Waals surface area contributed by atoms with E-state index in [0.717, 1.165) is 26.2 Å². The summed E-state index contributed by atoms with van der Waals surface area (Å²) in [6.45, 7) is 1.06. The lowest BCUT2D eigenvalue weighted by Gasteiger charge is -2.17. The van der Waals surface area contributed by atoms with E-state index in [0.29, 0.717) is 44.9 Å². The first-order valence-electron chi connectivity index (χ1n) is 14.6. The fourth-order valence-electron chi connectivity index (χ4n) is 5.37. The van der Waals surface area contributed by atoms with Crippen LogP contribution < -0.4 is 18.1 Å². The quantitative estimate of drug-likeness (QED) is 0.273. The van der Waals surface area contributed by atoms with Crippen LogP contribution in [0.15, 0.2) is 36.4 Å². The van der Waals surface area contributed by atoms with Gasteiger partial charge in [-0.25, -0.2) is 26.5 Å². The molecule has 0 aromatic heterocycles. The first kappa shape index (κ1) is 35.0. The van der Waals surface area contributed by atoms with Gasteiger partial charge in [-0.2, -0.15) is 16.8 Å². The van der Waals surface area contributed by atoms with Crippen molar-refractivity contribution in [3.63, 3.8) is 0 Å². The Morgan fingerprint density at radius 2 is 1.33 bits per heavy atom. The van der Waals surface area contributed by atoms with Crippen LogP contribution >= 0.6 is 0 Å². The maximum atomic E-state index is 11.8. The lowest BCUT2D eigenvalue weighted by Crippen LogP contribution is -2.29. The molecule has 15 nitrogen and oxygen atoms in total. The van der Waals surface area contributed by atoms with E-state index in [2.05, 4.69) is 0 Å². The highest BCUT2D eigenvalue weighted by atomic mass is 32.2. The van der Waals surface area contributed by atoms with Gasteiger partial charge in [0, 0.05) is 12.8 Å². The first-order valence-corrected chi connectivity index (χ1v) is 19.2. The third-order valence-electron chi connectivity index (χ3n) is 7.80. The molecule has 18 heteroatoms. The molecule has 5 rings (SSSR count). The molecule has 3 fully saturated rings. The zero-order chi connectivity index (χ0) is 33.9. The number of phenolic OH excluding ortho intramolecular Hbond substituents is 2. The van der Waals surface area contributed by atoms with Crippen molar-refractivity contribution in [1.82, 2.24) is 9.44 Å². The molecule has 3 saturated heterocycles. The molecule has 0 bridgehead atoms. The molecular formula is C28H36N4O11S3. The molecule has 2 aromatic rings. The minimum Gasteiger partial charge on any atom is -0.506 e. The number of phenols is 2. The molecule has 3 aliphatic rings. The van der Waals surface area contributed by atoms with Crippen LogP contribution in [0.2, 0.25) is 0 Å². The Kier molecular flexibility index (Phi) is 10.5. The number of carbonyl (C=O) groups excluding carboxylic acids is 3. The number of anilines is 2. The largest absolute Gasteiger partial charge is 0.506 e. The van der Waals surface area contributed by atoms with E-state index in [4.69, 9.17) is 0 Å². The molecule has 0 radical (unpaired) electrons.